The molecule has 0 radical (unpaired) electrons. The van der Waals surface area contributed by atoms with Gasteiger partial charge in [0.2, 0.25) is 0 Å². The van der Waals surface area contributed by atoms with E-state index in [1.807, 2.05) is 0 Å². The molecule has 3 aromatic rings. The summed E-state index contributed by atoms with van der Waals surface area (Å²) in [7, 11) is 0. The molecule has 35 heavy (non-hydrogen) atoms. The maximum atomic E-state index is 15.0. The molecule has 1 aliphatic heterocycles. The number of hydrogen-bond acceptors (Lipinski definition) is 3. The molecule has 4 rings (SSSR count). The maximum absolute atomic E-state index is 15.0. The fraction of sp³-hybridized carbons (Fsp3) is 0.240. The van der Waals surface area contributed by atoms with Gasteiger partial charge in [-0.25, -0.2) is 22.9 Å². The molecule has 1 fully saturated rings. The highest BCUT2D eigenvalue weighted by Gasteiger charge is 2.47. The predicted octanol–water partition coefficient (Wildman–Crippen LogP) is 5.97. The van der Waals surface area contributed by atoms with Crippen LogP contribution in [0, 0.1) is 5.82 Å². The zero-order valence-electron chi connectivity index (χ0n) is 18.3. The molecule has 0 saturated carbocycles. The molecule has 0 unspecified atom stereocenters. The van der Waals surface area contributed by atoms with Crippen molar-refractivity contribution >= 4 is 17.6 Å². The molecule has 0 atom stereocenters. The SMILES string of the molecule is O=C(CCc1ccc(F)cc1)c1ccnc(N2CCN(C(F)(F)c3ccc(C(F)F)cc3)C2=O)c1. The molecule has 0 aliphatic carbocycles. The molecule has 10 heteroatoms. The molecule has 1 aliphatic rings. The summed E-state index contributed by atoms with van der Waals surface area (Å²) in [4.78, 5) is 30.9. The lowest BCUT2D eigenvalue weighted by molar-refractivity contribution is -0.119. The van der Waals surface area contributed by atoms with Crippen molar-refractivity contribution in [2.75, 3.05) is 18.0 Å². The van der Waals surface area contributed by atoms with Gasteiger partial charge in [-0.1, -0.05) is 36.4 Å². The first-order chi connectivity index (χ1) is 16.7. The van der Waals surface area contributed by atoms with Gasteiger partial charge >= 0.3 is 12.1 Å². The minimum absolute atomic E-state index is 0.0500. The Kier molecular flexibility index (Phi) is 6.81. The number of benzene rings is 2. The highest BCUT2D eigenvalue weighted by Crippen LogP contribution is 2.36. The Morgan fingerprint density at radius 3 is 2.34 bits per heavy atom. The van der Waals surface area contributed by atoms with Gasteiger partial charge < -0.3 is 0 Å². The Bertz CT molecular complexity index is 1220. The number of rotatable bonds is 8. The minimum Gasteiger partial charge on any atom is -0.294 e. The molecule has 2 heterocycles. The van der Waals surface area contributed by atoms with Crippen LogP contribution in [0.5, 0.6) is 0 Å². The molecular formula is C25H20F5N3O2. The second kappa shape index (κ2) is 9.81. The average molecular weight is 489 g/mol. The van der Waals surface area contributed by atoms with Gasteiger partial charge in [-0.3, -0.25) is 14.6 Å². The summed E-state index contributed by atoms with van der Waals surface area (Å²) in [6, 6.07) is 7.40. The van der Waals surface area contributed by atoms with E-state index in [4.69, 9.17) is 0 Å². The molecule has 182 valence electrons. The van der Waals surface area contributed by atoms with Crippen molar-refractivity contribution in [2.24, 2.45) is 0 Å². The molecule has 0 bridgehead atoms. The van der Waals surface area contributed by atoms with E-state index in [1.165, 1.54) is 30.5 Å². The normalized spacial score (nSPS) is 14.2. The first kappa shape index (κ1) is 24.3. The number of aryl methyl sites for hydroxylation is 1. The topological polar surface area (TPSA) is 53.5 Å². The summed E-state index contributed by atoms with van der Waals surface area (Å²) in [5.41, 5.74) is 0.0553. The van der Waals surface area contributed by atoms with Crippen LogP contribution in [0.25, 0.3) is 0 Å². The Labute approximate surface area is 197 Å². The first-order valence-electron chi connectivity index (χ1n) is 10.8. The number of ketones is 1. The van der Waals surface area contributed by atoms with Gasteiger partial charge in [0, 0.05) is 42.4 Å². The van der Waals surface area contributed by atoms with Crippen molar-refractivity contribution in [3.05, 3.63) is 94.9 Å². The van der Waals surface area contributed by atoms with Crippen molar-refractivity contribution < 1.29 is 31.5 Å². The van der Waals surface area contributed by atoms with E-state index in [1.54, 1.807) is 12.1 Å². The number of amides is 2. The van der Waals surface area contributed by atoms with E-state index in [-0.39, 0.29) is 42.5 Å². The quantitative estimate of drug-likeness (QED) is 0.223. The van der Waals surface area contributed by atoms with Crippen molar-refractivity contribution in [2.45, 2.75) is 25.3 Å². The van der Waals surface area contributed by atoms with E-state index in [2.05, 4.69) is 4.98 Å². The number of carbonyl (C=O) groups excluding carboxylic acids is 2. The van der Waals surface area contributed by atoms with E-state index in [0.717, 1.165) is 34.7 Å². The number of carbonyl (C=O) groups is 2. The van der Waals surface area contributed by atoms with Gasteiger partial charge in [-0.2, -0.15) is 8.78 Å². The summed E-state index contributed by atoms with van der Waals surface area (Å²) in [6.07, 6.45) is -0.971. The molecule has 0 spiro atoms. The molecule has 2 aromatic carbocycles. The van der Waals surface area contributed by atoms with Crippen molar-refractivity contribution in [3.8, 4) is 0 Å². The monoisotopic (exact) mass is 489 g/mol. The summed E-state index contributed by atoms with van der Waals surface area (Å²) >= 11 is 0. The van der Waals surface area contributed by atoms with Gasteiger partial charge in [0.05, 0.1) is 0 Å². The number of anilines is 1. The Morgan fingerprint density at radius 2 is 1.69 bits per heavy atom. The standard InChI is InChI=1S/C25H20F5N3O2/c26-20-8-1-16(2-9-20)3-10-21(34)18-11-12-31-22(15-18)32-13-14-33(24(32)35)25(29,30)19-6-4-17(5-7-19)23(27)28/h1-2,4-9,11-12,15,23H,3,10,13-14H2. The van der Waals surface area contributed by atoms with Crippen LogP contribution in [-0.2, 0) is 12.5 Å². The number of Topliss-reactive ketones (excluding diaryl/α,β-unsaturated/α-hetero) is 1. The summed E-state index contributed by atoms with van der Waals surface area (Å²) < 4.78 is 68.5. The Balaban J connectivity index is 1.46. The van der Waals surface area contributed by atoms with Crippen LogP contribution in [0.2, 0.25) is 0 Å². The predicted molar refractivity (Wildman–Crippen MR) is 118 cm³/mol. The third kappa shape index (κ3) is 5.16. The number of halogens is 5. The molecule has 0 N–H and O–H groups in total. The van der Waals surface area contributed by atoms with Crippen LogP contribution in [-0.4, -0.2) is 34.8 Å². The fourth-order valence-electron chi connectivity index (χ4n) is 3.79. The number of urea groups is 1. The Morgan fingerprint density at radius 1 is 1.00 bits per heavy atom. The second-order valence-electron chi connectivity index (χ2n) is 8.00. The number of pyridine rings is 1. The molecular weight excluding hydrogens is 469 g/mol. The zero-order chi connectivity index (χ0) is 25.2. The van der Waals surface area contributed by atoms with Crippen LogP contribution in [0.1, 0.15) is 39.9 Å². The number of hydrogen-bond donors (Lipinski definition) is 0. The summed E-state index contributed by atoms with van der Waals surface area (Å²) in [5.74, 6) is -0.571. The lowest BCUT2D eigenvalue weighted by Gasteiger charge is -2.27. The third-order valence-electron chi connectivity index (χ3n) is 5.76. The Hall–Kier alpha value is -3.82. The third-order valence-corrected chi connectivity index (χ3v) is 5.76. The minimum atomic E-state index is -3.73. The average Bonchev–Trinajstić information content (AvgIpc) is 3.25. The van der Waals surface area contributed by atoms with Gasteiger partial charge in [0.15, 0.2) is 5.78 Å². The number of nitrogens with zero attached hydrogens (tertiary/aromatic N) is 3. The second-order valence-corrected chi connectivity index (χ2v) is 8.00. The lowest BCUT2D eigenvalue weighted by atomic mass is 10.0. The zero-order valence-corrected chi connectivity index (χ0v) is 18.3. The van der Waals surface area contributed by atoms with Crippen LogP contribution in [0.15, 0.2) is 66.9 Å². The molecule has 2 amide bonds. The number of aromatic nitrogens is 1. The van der Waals surface area contributed by atoms with Crippen LogP contribution in [0.3, 0.4) is 0 Å². The van der Waals surface area contributed by atoms with Crippen molar-refractivity contribution in [1.82, 2.24) is 9.88 Å². The van der Waals surface area contributed by atoms with E-state index in [0.29, 0.717) is 11.3 Å². The van der Waals surface area contributed by atoms with Gasteiger partial charge in [0.25, 0.3) is 6.43 Å². The van der Waals surface area contributed by atoms with Gasteiger partial charge in [-0.05, 0) is 36.2 Å². The molecule has 1 saturated heterocycles. The summed E-state index contributed by atoms with van der Waals surface area (Å²) in [5, 5.41) is 0. The fourth-order valence-corrected chi connectivity index (χ4v) is 3.79. The summed E-state index contributed by atoms with van der Waals surface area (Å²) in [6.45, 7) is -0.420. The van der Waals surface area contributed by atoms with E-state index in [9.17, 15) is 22.8 Å². The van der Waals surface area contributed by atoms with Crippen LogP contribution in [0.4, 0.5) is 32.6 Å². The van der Waals surface area contributed by atoms with Crippen molar-refractivity contribution in [1.29, 1.82) is 0 Å². The van der Waals surface area contributed by atoms with Crippen LogP contribution < -0.4 is 4.90 Å². The van der Waals surface area contributed by atoms with Gasteiger partial charge in [0.1, 0.15) is 11.6 Å². The first-order valence-corrected chi connectivity index (χ1v) is 10.8. The molecule has 5 nitrogen and oxygen atoms in total. The van der Waals surface area contributed by atoms with Crippen molar-refractivity contribution in [3.63, 3.8) is 0 Å². The lowest BCUT2D eigenvalue weighted by Crippen LogP contribution is -2.42. The largest absolute Gasteiger partial charge is 0.356 e. The van der Waals surface area contributed by atoms with E-state index < -0.39 is 29.6 Å². The highest BCUT2D eigenvalue weighted by molar-refractivity contribution is 5.99. The smallest absolute Gasteiger partial charge is 0.294 e. The van der Waals surface area contributed by atoms with E-state index >= 15 is 8.78 Å². The molecule has 1 aromatic heterocycles. The highest BCUT2D eigenvalue weighted by atomic mass is 19.3. The number of alkyl halides is 4. The van der Waals surface area contributed by atoms with Gasteiger partial charge in [-0.15, -0.1) is 0 Å². The maximum Gasteiger partial charge on any atom is 0.356 e. The van der Waals surface area contributed by atoms with Crippen LogP contribution >= 0.6 is 0 Å².